The van der Waals surface area contributed by atoms with Gasteiger partial charge in [0.2, 0.25) is 0 Å². The van der Waals surface area contributed by atoms with Gasteiger partial charge in [-0.2, -0.15) is 18.3 Å². The molecule has 1 heterocycles. The Hall–Kier alpha value is -4.69. The number of carbonyl (C=O) groups excluding carboxylic acids is 2. The van der Waals surface area contributed by atoms with Gasteiger partial charge in [0.05, 0.1) is 16.6 Å². The maximum Gasteiger partial charge on any atom is 0.435 e. The van der Waals surface area contributed by atoms with Gasteiger partial charge in [-0.15, -0.1) is 0 Å². The van der Waals surface area contributed by atoms with Crippen LogP contribution in [0.1, 0.15) is 72.5 Å². The van der Waals surface area contributed by atoms with Crippen molar-refractivity contribution < 1.29 is 35.9 Å². The van der Waals surface area contributed by atoms with Gasteiger partial charge in [-0.05, 0) is 99.2 Å². The Morgan fingerprint density at radius 1 is 0.959 bits per heavy atom. The number of halogens is 3. The van der Waals surface area contributed by atoms with Crippen LogP contribution in [0.15, 0.2) is 83.8 Å². The van der Waals surface area contributed by atoms with E-state index in [-0.39, 0.29) is 28.9 Å². The Balaban J connectivity index is 1.41. The first kappa shape index (κ1) is 35.6. The summed E-state index contributed by atoms with van der Waals surface area (Å²) in [5.74, 6) is -0.284. The third-order valence-electron chi connectivity index (χ3n) is 7.65. The molecule has 1 aliphatic carbocycles. The SMILES string of the molecule is CC(C)(C)OC(=O)NCc1cccc(-n2nc(C(F)(F)F)cc2C(=O)Nc2cccc(C(NCC3CC3)c3ccc(S(C)(=O)=O)cc3)c2)c1. The Labute approximate surface area is 283 Å². The van der Waals surface area contributed by atoms with Gasteiger partial charge in [-0.25, -0.2) is 17.9 Å². The molecule has 49 heavy (non-hydrogen) atoms. The maximum absolute atomic E-state index is 13.8. The van der Waals surface area contributed by atoms with Crippen molar-refractivity contribution in [3.05, 3.63) is 107 Å². The van der Waals surface area contributed by atoms with E-state index in [1.807, 2.05) is 6.07 Å². The van der Waals surface area contributed by atoms with Crippen LogP contribution >= 0.6 is 0 Å². The van der Waals surface area contributed by atoms with Crippen molar-refractivity contribution in [2.45, 2.75) is 62.9 Å². The van der Waals surface area contributed by atoms with Gasteiger partial charge in [0.25, 0.3) is 5.91 Å². The molecule has 2 amide bonds. The summed E-state index contributed by atoms with van der Waals surface area (Å²) in [6.07, 6.45) is -2.11. The van der Waals surface area contributed by atoms with Crippen LogP contribution in [0.25, 0.3) is 5.69 Å². The van der Waals surface area contributed by atoms with E-state index in [4.69, 9.17) is 4.74 Å². The highest BCUT2D eigenvalue weighted by Crippen LogP contribution is 2.32. The van der Waals surface area contributed by atoms with Gasteiger partial charge in [0.15, 0.2) is 15.5 Å². The highest BCUT2D eigenvalue weighted by Gasteiger charge is 2.36. The number of alkyl carbamates (subject to hydrolysis) is 1. The van der Waals surface area contributed by atoms with E-state index < -0.39 is 39.3 Å². The maximum atomic E-state index is 13.8. The minimum Gasteiger partial charge on any atom is -0.444 e. The van der Waals surface area contributed by atoms with E-state index in [2.05, 4.69) is 21.0 Å². The molecule has 3 N–H and O–H groups in total. The van der Waals surface area contributed by atoms with Crippen LogP contribution < -0.4 is 16.0 Å². The van der Waals surface area contributed by atoms with Crippen LogP contribution in [-0.2, 0) is 27.3 Å². The summed E-state index contributed by atoms with van der Waals surface area (Å²) in [6, 6.07) is 20.1. The molecule has 10 nitrogen and oxygen atoms in total. The third-order valence-corrected chi connectivity index (χ3v) is 8.78. The Morgan fingerprint density at radius 2 is 1.65 bits per heavy atom. The fourth-order valence-electron chi connectivity index (χ4n) is 5.10. The number of nitrogens with zero attached hydrogens (tertiary/aromatic N) is 2. The zero-order chi connectivity index (χ0) is 35.6. The number of benzene rings is 3. The number of amides is 2. The number of nitrogens with one attached hydrogen (secondary N) is 3. The minimum absolute atomic E-state index is 0.0252. The lowest BCUT2D eigenvalue weighted by Crippen LogP contribution is -2.32. The summed E-state index contributed by atoms with van der Waals surface area (Å²) in [5, 5.41) is 12.6. The number of anilines is 1. The molecule has 1 unspecified atom stereocenters. The number of sulfone groups is 1. The van der Waals surface area contributed by atoms with Crippen molar-refractivity contribution in [2.24, 2.45) is 5.92 Å². The number of ether oxygens (including phenoxy) is 1. The quantitative estimate of drug-likeness (QED) is 0.160. The molecule has 1 aliphatic rings. The molecule has 1 saturated carbocycles. The van der Waals surface area contributed by atoms with Crippen LogP contribution in [0, 0.1) is 5.92 Å². The van der Waals surface area contributed by atoms with E-state index >= 15 is 0 Å². The van der Waals surface area contributed by atoms with E-state index in [0.717, 1.165) is 41.5 Å². The van der Waals surface area contributed by atoms with Crippen molar-refractivity contribution in [1.82, 2.24) is 20.4 Å². The molecule has 0 spiro atoms. The van der Waals surface area contributed by atoms with Gasteiger partial charge in [0.1, 0.15) is 11.3 Å². The van der Waals surface area contributed by atoms with Crippen LogP contribution in [0.5, 0.6) is 0 Å². The average Bonchev–Trinajstić information content (AvgIpc) is 3.72. The van der Waals surface area contributed by atoms with Crippen LogP contribution in [0.2, 0.25) is 0 Å². The molecule has 0 saturated heterocycles. The predicted molar refractivity (Wildman–Crippen MR) is 178 cm³/mol. The van der Waals surface area contributed by atoms with Crippen LogP contribution in [-0.4, -0.2) is 48.6 Å². The number of rotatable bonds is 11. The molecule has 3 aromatic carbocycles. The monoisotopic (exact) mass is 697 g/mol. The summed E-state index contributed by atoms with van der Waals surface area (Å²) in [5.41, 5.74) is 0.327. The summed E-state index contributed by atoms with van der Waals surface area (Å²) < 4.78 is 71.7. The molecular formula is C35H38F3N5O5S. The zero-order valence-corrected chi connectivity index (χ0v) is 28.3. The molecule has 0 bridgehead atoms. The summed E-state index contributed by atoms with van der Waals surface area (Å²) in [6.45, 7) is 5.92. The van der Waals surface area contributed by atoms with Gasteiger partial charge < -0.3 is 20.7 Å². The Bertz CT molecular complexity index is 1930. The number of carbonyl (C=O) groups is 2. The minimum atomic E-state index is -4.82. The standard InChI is InChI=1S/C35H38F3N5O5S/c1-34(2,3)48-33(45)40-21-23-7-5-10-27(17-23)43-29(19-30(42-43)35(36,37)38)32(44)41-26-9-6-8-25(18-26)31(39-20-22-11-12-22)24-13-15-28(16-14-24)49(4,46)47/h5-10,13-19,22,31,39H,11-12,20-21H2,1-4H3,(H,40,45)(H,41,44). The van der Waals surface area contributed by atoms with Crippen LogP contribution in [0.3, 0.4) is 0 Å². The smallest absolute Gasteiger partial charge is 0.435 e. The molecule has 0 radical (unpaired) electrons. The summed E-state index contributed by atoms with van der Waals surface area (Å²) >= 11 is 0. The lowest BCUT2D eigenvalue weighted by Gasteiger charge is -2.21. The highest BCUT2D eigenvalue weighted by atomic mass is 32.2. The van der Waals surface area contributed by atoms with Crippen molar-refractivity contribution >= 4 is 27.5 Å². The predicted octanol–water partition coefficient (Wildman–Crippen LogP) is 6.66. The Kier molecular flexibility index (Phi) is 10.2. The van der Waals surface area contributed by atoms with Crippen molar-refractivity contribution in [2.75, 3.05) is 18.1 Å². The molecule has 5 rings (SSSR count). The van der Waals surface area contributed by atoms with Gasteiger partial charge in [-0.3, -0.25) is 4.79 Å². The second-order valence-electron chi connectivity index (χ2n) is 13.1. The number of hydrogen-bond donors (Lipinski definition) is 3. The second-order valence-corrected chi connectivity index (χ2v) is 15.1. The van der Waals surface area contributed by atoms with Gasteiger partial charge in [0, 0.05) is 24.6 Å². The molecule has 1 atom stereocenters. The zero-order valence-electron chi connectivity index (χ0n) is 27.5. The normalized spacial score (nSPS) is 14.3. The van der Waals surface area contributed by atoms with Crippen LogP contribution in [0.4, 0.5) is 23.7 Å². The van der Waals surface area contributed by atoms with E-state index in [1.54, 1.807) is 75.4 Å². The molecule has 260 valence electrons. The molecular weight excluding hydrogens is 659 g/mol. The third kappa shape index (κ3) is 9.70. The van der Waals surface area contributed by atoms with Crippen molar-refractivity contribution in [1.29, 1.82) is 0 Å². The first-order valence-electron chi connectivity index (χ1n) is 15.6. The second kappa shape index (κ2) is 14.0. The summed E-state index contributed by atoms with van der Waals surface area (Å²) in [4.78, 5) is 25.9. The van der Waals surface area contributed by atoms with Gasteiger partial charge in [-0.1, -0.05) is 36.4 Å². The lowest BCUT2D eigenvalue weighted by molar-refractivity contribution is -0.141. The number of hydrogen-bond acceptors (Lipinski definition) is 7. The van der Waals surface area contributed by atoms with E-state index in [0.29, 0.717) is 23.2 Å². The molecule has 14 heteroatoms. The summed E-state index contributed by atoms with van der Waals surface area (Å²) in [7, 11) is -3.39. The average molecular weight is 698 g/mol. The highest BCUT2D eigenvalue weighted by molar-refractivity contribution is 7.90. The fraction of sp³-hybridized carbons (Fsp3) is 0.343. The molecule has 1 fully saturated rings. The van der Waals surface area contributed by atoms with E-state index in [1.165, 1.54) is 12.1 Å². The topological polar surface area (TPSA) is 131 Å². The number of alkyl halides is 3. The number of aromatic nitrogens is 2. The Morgan fingerprint density at radius 3 is 2.29 bits per heavy atom. The fourth-order valence-corrected chi connectivity index (χ4v) is 5.73. The first-order chi connectivity index (χ1) is 23.0. The van der Waals surface area contributed by atoms with Gasteiger partial charge >= 0.3 is 12.3 Å². The largest absolute Gasteiger partial charge is 0.444 e. The molecule has 4 aromatic rings. The van der Waals surface area contributed by atoms with Crippen molar-refractivity contribution in [3.63, 3.8) is 0 Å². The van der Waals surface area contributed by atoms with Crippen molar-refractivity contribution in [3.8, 4) is 5.69 Å². The molecule has 0 aliphatic heterocycles. The first-order valence-corrected chi connectivity index (χ1v) is 17.5. The van der Waals surface area contributed by atoms with E-state index in [9.17, 15) is 31.2 Å². The molecule has 1 aromatic heterocycles. The lowest BCUT2D eigenvalue weighted by atomic mass is 9.98.